The molecule has 1 amide bonds. The van der Waals surface area contributed by atoms with Crippen LogP contribution in [0, 0.1) is 0 Å². The van der Waals surface area contributed by atoms with Crippen LogP contribution in [0.2, 0.25) is 5.02 Å². The number of fused-ring (bicyclic) bond motifs is 1. The molecule has 0 radical (unpaired) electrons. The van der Waals surface area contributed by atoms with Crippen LogP contribution >= 0.6 is 11.6 Å². The molecule has 0 aromatic carbocycles. The Balaban J connectivity index is 1.70. The van der Waals surface area contributed by atoms with Crippen LogP contribution in [-0.4, -0.2) is 39.9 Å². The number of hydrogen-bond donors (Lipinski definition) is 1. The minimum Gasteiger partial charge on any atom is -0.467 e. The molecular formula is C18H20ClF3N4O2. The first kappa shape index (κ1) is 19.2. The molecule has 28 heavy (non-hydrogen) atoms. The number of carbonyl (C=O) groups is 1. The summed E-state index contributed by atoms with van der Waals surface area (Å²) in [6.07, 6.45) is 0.335. The zero-order valence-electron chi connectivity index (χ0n) is 15.0. The second-order valence-electron chi connectivity index (χ2n) is 7.17. The molecule has 1 N–H and O–H groups in total. The van der Waals surface area contributed by atoms with Crippen LogP contribution in [0.25, 0.3) is 0 Å². The summed E-state index contributed by atoms with van der Waals surface area (Å²) in [5.74, 6) is -0.0564. The molecule has 4 rings (SSSR count). The SMILES string of the molecule is O=C(c1nn2c(c1Cl)N[C@@H](c1ccco1)C[C@@H]2C(F)(F)F)N1CCCCCC1. The smallest absolute Gasteiger partial charge is 0.410 e. The highest BCUT2D eigenvalue weighted by molar-refractivity contribution is 6.36. The van der Waals surface area contributed by atoms with E-state index < -0.39 is 24.2 Å². The molecule has 2 aliphatic heterocycles. The molecule has 0 saturated carbocycles. The Hall–Kier alpha value is -2.16. The first-order valence-electron chi connectivity index (χ1n) is 9.30. The van der Waals surface area contributed by atoms with Crippen molar-refractivity contribution in [2.24, 2.45) is 0 Å². The van der Waals surface area contributed by atoms with Crippen LogP contribution in [-0.2, 0) is 0 Å². The van der Waals surface area contributed by atoms with Gasteiger partial charge < -0.3 is 14.6 Å². The van der Waals surface area contributed by atoms with Crippen LogP contribution in [0.5, 0.6) is 0 Å². The number of nitrogens with zero attached hydrogens (tertiary/aromatic N) is 3. The van der Waals surface area contributed by atoms with Crippen molar-refractivity contribution in [3.05, 3.63) is 34.9 Å². The number of anilines is 1. The summed E-state index contributed by atoms with van der Waals surface area (Å²) in [7, 11) is 0. The lowest BCUT2D eigenvalue weighted by molar-refractivity contribution is -0.174. The normalized spacial score (nSPS) is 23.1. The highest BCUT2D eigenvalue weighted by Gasteiger charge is 2.48. The fraction of sp³-hybridized carbons (Fsp3) is 0.556. The highest BCUT2D eigenvalue weighted by Crippen LogP contribution is 2.46. The molecule has 1 saturated heterocycles. The van der Waals surface area contributed by atoms with E-state index >= 15 is 0 Å². The number of amides is 1. The number of aromatic nitrogens is 2. The van der Waals surface area contributed by atoms with Crippen LogP contribution in [0.1, 0.15) is 60.4 Å². The van der Waals surface area contributed by atoms with E-state index in [4.69, 9.17) is 16.0 Å². The van der Waals surface area contributed by atoms with Crippen molar-refractivity contribution in [1.29, 1.82) is 0 Å². The average molecular weight is 417 g/mol. The molecule has 0 unspecified atom stereocenters. The molecule has 4 heterocycles. The van der Waals surface area contributed by atoms with Gasteiger partial charge in [-0.2, -0.15) is 18.3 Å². The van der Waals surface area contributed by atoms with E-state index in [1.54, 1.807) is 17.0 Å². The monoisotopic (exact) mass is 416 g/mol. The summed E-state index contributed by atoms with van der Waals surface area (Å²) >= 11 is 6.35. The fourth-order valence-corrected chi connectivity index (χ4v) is 4.09. The summed E-state index contributed by atoms with van der Waals surface area (Å²) in [5.41, 5.74) is -0.139. The van der Waals surface area contributed by atoms with Crippen molar-refractivity contribution < 1.29 is 22.4 Å². The maximum absolute atomic E-state index is 13.7. The molecule has 2 atom stereocenters. The van der Waals surface area contributed by atoms with Crippen molar-refractivity contribution in [3.8, 4) is 0 Å². The second kappa shape index (κ2) is 7.35. The van der Waals surface area contributed by atoms with Gasteiger partial charge in [-0.05, 0) is 25.0 Å². The molecule has 1 fully saturated rings. The third-order valence-corrected chi connectivity index (χ3v) is 5.64. The van der Waals surface area contributed by atoms with Gasteiger partial charge >= 0.3 is 6.18 Å². The van der Waals surface area contributed by atoms with E-state index in [-0.39, 0.29) is 23.0 Å². The third kappa shape index (κ3) is 3.47. The second-order valence-corrected chi connectivity index (χ2v) is 7.55. The summed E-state index contributed by atoms with van der Waals surface area (Å²) in [6.45, 7) is 1.12. The predicted octanol–water partition coefficient (Wildman–Crippen LogP) is 4.81. The van der Waals surface area contributed by atoms with Gasteiger partial charge in [-0.1, -0.05) is 24.4 Å². The van der Waals surface area contributed by atoms with E-state index in [1.807, 2.05) is 0 Å². The Labute approximate surface area is 164 Å². The zero-order valence-corrected chi connectivity index (χ0v) is 15.8. The molecule has 2 aromatic rings. The van der Waals surface area contributed by atoms with E-state index in [2.05, 4.69) is 10.4 Å². The Morgan fingerprint density at radius 3 is 2.57 bits per heavy atom. The number of hydrogen-bond acceptors (Lipinski definition) is 4. The van der Waals surface area contributed by atoms with Crippen LogP contribution in [0.3, 0.4) is 0 Å². The van der Waals surface area contributed by atoms with E-state index in [0.717, 1.165) is 30.4 Å². The van der Waals surface area contributed by atoms with Crippen molar-refractivity contribution >= 4 is 23.3 Å². The number of furan rings is 1. The van der Waals surface area contributed by atoms with Crippen LogP contribution in [0.4, 0.5) is 19.0 Å². The molecule has 0 bridgehead atoms. The van der Waals surface area contributed by atoms with Crippen LogP contribution < -0.4 is 5.32 Å². The van der Waals surface area contributed by atoms with Crippen molar-refractivity contribution in [2.75, 3.05) is 18.4 Å². The topological polar surface area (TPSA) is 63.3 Å². The zero-order chi connectivity index (χ0) is 19.9. The Morgan fingerprint density at radius 2 is 1.96 bits per heavy atom. The van der Waals surface area contributed by atoms with Gasteiger partial charge in [0.15, 0.2) is 11.7 Å². The molecule has 2 aromatic heterocycles. The third-order valence-electron chi connectivity index (χ3n) is 5.28. The lowest BCUT2D eigenvalue weighted by atomic mass is 10.0. The molecular weight excluding hydrogens is 397 g/mol. The van der Waals surface area contributed by atoms with E-state index in [1.165, 1.54) is 6.26 Å². The average Bonchev–Trinajstić information content (AvgIpc) is 3.20. The molecule has 0 aliphatic carbocycles. The van der Waals surface area contributed by atoms with Gasteiger partial charge in [0.1, 0.15) is 16.6 Å². The first-order valence-corrected chi connectivity index (χ1v) is 9.68. The van der Waals surface area contributed by atoms with E-state index in [0.29, 0.717) is 18.8 Å². The fourth-order valence-electron chi connectivity index (χ4n) is 3.83. The van der Waals surface area contributed by atoms with Gasteiger partial charge in [-0.25, -0.2) is 4.68 Å². The maximum Gasteiger partial charge on any atom is 0.410 e. The van der Waals surface area contributed by atoms with Gasteiger partial charge in [0.05, 0.1) is 12.3 Å². The van der Waals surface area contributed by atoms with Crippen molar-refractivity contribution in [1.82, 2.24) is 14.7 Å². The summed E-state index contributed by atoms with van der Waals surface area (Å²) in [6, 6.07) is 0.599. The van der Waals surface area contributed by atoms with Gasteiger partial charge in [0.2, 0.25) is 0 Å². The number of rotatable bonds is 2. The first-order chi connectivity index (χ1) is 13.4. The molecule has 6 nitrogen and oxygen atoms in total. The lowest BCUT2D eigenvalue weighted by Crippen LogP contribution is -2.36. The Kier molecular flexibility index (Phi) is 5.03. The Bertz CT molecular complexity index is 842. The summed E-state index contributed by atoms with van der Waals surface area (Å²) in [4.78, 5) is 14.5. The predicted molar refractivity (Wildman–Crippen MR) is 96.4 cm³/mol. The van der Waals surface area contributed by atoms with Crippen molar-refractivity contribution in [2.45, 2.75) is 50.4 Å². The quantitative estimate of drug-likeness (QED) is 0.763. The molecule has 2 aliphatic rings. The summed E-state index contributed by atoms with van der Waals surface area (Å²) < 4.78 is 47.3. The largest absolute Gasteiger partial charge is 0.467 e. The molecule has 10 heteroatoms. The minimum atomic E-state index is -4.54. The lowest BCUT2D eigenvalue weighted by Gasteiger charge is -2.32. The number of alkyl halides is 3. The van der Waals surface area contributed by atoms with Gasteiger partial charge in [0, 0.05) is 19.5 Å². The van der Waals surface area contributed by atoms with Crippen LogP contribution in [0.15, 0.2) is 22.8 Å². The van der Waals surface area contributed by atoms with Crippen molar-refractivity contribution in [3.63, 3.8) is 0 Å². The van der Waals surface area contributed by atoms with Gasteiger partial charge in [-0.15, -0.1) is 0 Å². The number of likely N-dealkylation sites (tertiary alicyclic amines) is 1. The standard InChI is InChI=1S/C18H20ClF3N4O2/c19-14-15(17(27)25-7-3-1-2-4-8-25)24-26-13(18(20,21)22)10-11(23-16(14)26)12-6-5-9-28-12/h5-6,9,11,13,23H,1-4,7-8,10H2/t11-,13-/m1/s1. The Morgan fingerprint density at radius 1 is 1.25 bits per heavy atom. The van der Waals surface area contributed by atoms with Gasteiger partial charge in [-0.3, -0.25) is 4.79 Å². The molecule has 0 spiro atoms. The number of carbonyl (C=O) groups excluding carboxylic acids is 1. The van der Waals surface area contributed by atoms with E-state index in [9.17, 15) is 18.0 Å². The summed E-state index contributed by atoms with van der Waals surface area (Å²) in [5, 5.41) is 6.88. The minimum absolute atomic E-state index is 0.00480. The maximum atomic E-state index is 13.7. The van der Waals surface area contributed by atoms with Gasteiger partial charge in [0.25, 0.3) is 5.91 Å². The highest BCUT2D eigenvalue weighted by atomic mass is 35.5. The number of halogens is 4. The molecule has 152 valence electrons. The number of nitrogens with one attached hydrogen (secondary N) is 1.